The molecule has 0 aromatic heterocycles. The summed E-state index contributed by atoms with van der Waals surface area (Å²) in [7, 11) is -2.34. The van der Waals surface area contributed by atoms with Crippen molar-refractivity contribution in [2.24, 2.45) is 3.77 Å². The highest BCUT2D eigenvalue weighted by atomic mass is 32.2. The van der Waals surface area contributed by atoms with E-state index in [1.54, 1.807) is 0 Å². The second kappa shape index (κ2) is 4.34. The fourth-order valence-corrected chi connectivity index (χ4v) is 1.98. The Labute approximate surface area is 85.0 Å². The molecule has 5 nitrogen and oxygen atoms in total. The molecule has 0 aliphatic rings. The van der Waals surface area contributed by atoms with Gasteiger partial charge in [-0.25, -0.2) is 0 Å². The smallest absolute Gasteiger partial charge is 0.294 e. The third kappa shape index (κ3) is 2.39. The molecule has 0 atom stereocenters. The van der Waals surface area contributed by atoms with Crippen molar-refractivity contribution in [2.75, 3.05) is 7.11 Å². The highest BCUT2D eigenvalue weighted by molar-refractivity contribution is 7.93. The van der Waals surface area contributed by atoms with Gasteiger partial charge in [0.15, 0.2) is 0 Å². The Bertz CT molecular complexity index is 459. The highest BCUT2D eigenvalue weighted by Crippen LogP contribution is 2.16. The minimum atomic E-state index is -3.82. The first-order chi connectivity index (χ1) is 6.60. The molecule has 0 aliphatic carbocycles. The van der Waals surface area contributed by atoms with E-state index in [1.165, 1.54) is 31.4 Å². The maximum atomic E-state index is 11.2. The lowest BCUT2D eigenvalue weighted by Crippen LogP contribution is -1.95. The van der Waals surface area contributed by atoms with Crippen molar-refractivity contribution in [2.45, 2.75) is 4.90 Å². The summed E-state index contributed by atoms with van der Waals surface area (Å²) in [6.45, 7) is 0. The Hall–Kier alpha value is -1.21. The predicted molar refractivity (Wildman–Crippen MR) is 50.8 cm³/mol. The topological polar surface area (TPSA) is 72.8 Å². The summed E-state index contributed by atoms with van der Waals surface area (Å²) in [6, 6.07) is 5.62. The summed E-state index contributed by atoms with van der Waals surface area (Å²) in [5, 5.41) is 0. The average Bonchev–Trinajstić information content (AvgIpc) is 2.18. The molecule has 7 heteroatoms. The van der Waals surface area contributed by atoms with E-state index in [1.807, 2.05) is 0 Å². The average molecular weight is 233 g/mol. The lowest BCUT2D eigenvalue weighted by molar-refractivity contribution is 0.414. The Balaban J connectivity index is 3.16. The second-order valence-electron chi connectivity index (χ2n) is 2.30. The van der Waals surface area contributed by atoms with Crippen molar-refractivity contribution in [3.63, 3.8) is 0 Å². The van der Waals surface area contributed by atoms with Crippen molar-refractivity contribution in [1.29, 1.82) is 0 Å². The molecule has 0 unspecified atom stereocenters. The number of nitrogens with zero attached hydrogens (tertiary/aromatic N) is 1. The molecule has 0 bridgehead atoms. The quantitative estimate of drug-likeness (QED) is 0.773. The van der Waals surface area contributed by atoms with Gasteiger partial charge in [0.05, 0.1) is 12.0 Å². The number of benzene rings is 1. The van der Waals surface area contributed by atoms with Gasteiger partial charge in [0.1, 0.15) is 5.75 Å². The van der Waals surface area contributed by atoms with Gasteiger partial charge in [-0.15, -0.1) is 0 Å². The first kappa shape index (κ1) is 10.9. The summed E-state index contributed by atoms with van der Waals surface area (Å²) >= 11 is -0.331. The molecule has 0 fully saturated rings. The van der Waals surface area contributed by atoms with Gasteiger partial charge in [-0.3, -0.25) is 0 Å². The van der Waals surface area contributed by atoms with Crippen LogP contribution >= 0.6 is 0 Å². The molecule has 0 spiro atoms. The number of hydrogen-bond donors (Lipinski definition) is 0. The Kier molecular flexibility index (Phi) is 3.37. The Morgan fingerprint density at radius 3 is 2.29 bits per heavy atom. The van der Waals surface area contributed by atoms with E-state index in [0.717, 1.165) is 0 Å². The number of methoxy groups -OCH3 is 1. The molecule has 0 heterocycles. The van der Waals surface area contributed by atoms with Crippen LogP contribution < -0.4 is 4.74 Å². The van der Waals surface area contributed by atoms with Crippen molar-refractivity contribution in [1.82, 2.24) is 0 Å². The lowest BCUT2D eigenvalue weighted by Gasteiger charge is -1.99. The van der Waals surface area contributed by atoms with Gasteiger partial charge in [-0.2, -0.15) is 12.6 Å². The second-order valence-corrected chi connectivity index (χ2v) is 4.47. The third-order valence-electron chi connectivity index (χ3n) is 1.49. The van der Waals surface area contributed by atoms with Crippen molar-refractivity contribution < 1.29 is 17.4 Å². The van der Waals surface area contributed by atoms with Crippen molar-refractivity contribution in [3.05, 3.63) is 24.3 Å². The number of ether oxygens (including phenoxy) is 1. The lowest BCUT2D eigenvalue weighted by atomic mass is 10.3. The maximum Gasteiger partial charge on any atom is 0.294 e. The zero-order valence-electron chi connectivity index (χ0n) is 7.21. The minimum Gasteiger partial charge on any atom is -0.497 e. The van der Waals surface area contributed by atoms with Crippen LogP contribution in [-0.4, -0.2) is 19.7 Å². The third-order valence-corrected chi connectivity index (χ3v) is 3.38. The largest absolute Gasteiger partial charge is 0.497 e. The van der Waals surface area contributed by atoms with E-state index >= 15 is 0 Å². The number of hydrogen-bond acceptors (Lipinski definition) is 4. The molecule has 0 N–H and O–H groups in total. The van der Waals surface area contributed by atoms with Gasteiger partial charge in [0.2, 0.25) is 11.5 Å². The summed E-state index contributed by atoms with van der Waals surface area (Å²) in [5.74, 6) is 0.540. The summed E-state index contributed by atoms with van der Waals surface area (Å²) in [4.78, 5) is -0.0262. The first-order valence-electron chi connectivity index (χ1n) is 3.50. The normalized spacial score (nSPS) is 10.6. The zero-order chi connectivity index (χ0) is 10.6. The number of rotatable bonds is 3. The first-order valence-corrected chi connectivity index (χ1v) is 5.64. The zero-order valence-corrected chi connectivity index (χ0v) is 8.84. The van der Waals surface area contributed by atoms with Gasteiger partial charge in [0, 0.05) is 0 Å². The van der Waals surface area contributed by atoms with Crippen LogP contribution in [0.3, 0.4) is 0 Å². The maximum absolute atomic E-state index is 11.2. The fourth-order valence-electron chi connectivity index (χ4n) is 0.831. The Morgan fingerprint density at radius 1 is 1.29 bits per heavy atom. The standard InChI is InChI=1S/C7H7NO4S2/c1-12-6-2-4-7(5-3-6)14(10,11)8-13-9/h2-5H,1H3. The van der Waals surface area contributed by atoms with Gasteiger partial charge >= 0.3 is 0 Å². The predicted octanol–water partition coefficient (Wildman–Crippen LogP) is 0.780. The van der Waals surface area contributed by atoms with Crippen molar-refractivity contribution >= 4 is 21.5 Å². The Morgan fingerprint density at radius 2 is 1.86 bits per heavy atom. The van der Waals surface area contributed by atoms with E-state index in [9.17, 15) is 12.6 Å². The summed E-state index contributed by atoms with van der Waals surface area (Å²) in [6.07, 6.45) is 0. The molecule has 0 aliphatic heterocycles. The molecule has 1 aromatic carbocycles. The van der Waals surface area contributed by atoms with Crippen LogP contribution in [0.4, 0.5) is 0 Å². The molecular formula is C7H7NO4S2. The minimum absolute atomic E-state index is 0.0262. The van der Waals surface area contributed by atoms with Gasteiger partial charge in [-0.1, -0.05) is 3.77 Å². The van der Waals surface area contributed by atoms with E-state index in [0.29, 0.717) is 5.75 Å². The summed E-state index contributed by atoms with van der Waals surface area (Å²) in [5.41, 5.74) is 0. The van der Waals surface area contributed by atoms with E-state index in [4.69, 9.17) is 4.74 Å². The van der Waals surface area contributed by atoms with Crippen molar-refractivity contribution in [3.8, 4) is 5.75 Å². The molecular weight excluding hydrogens is 226 g/mol. The van der Waals surface area contributed by atoms with Crippen LogP contribution in [-0.2, 0) is 21.5 Å². The van der Waals surface area contributed by atoms with Crippen LogP contribution in [0.1, 0.15) is 0 Å². The van der Waals surface area contributed by atoms with E-state index in [2.05, 4.69) is 3.77 Å². The molecule has 0 radical (unpaired) electrons. The summed E-state index contributed by atoms with van der Waals surface area (Å²) < 4.78 is 40.1. The highest BCUT2D eigenvalue weighted by Gasteiger charge is 2.11. The molecule has 0 saturated heterocycles. The van der Waals surface area contributed by atoms with Gasteiger partial charge < -0.3 is 4.74 Å². The SMILES string of the molecule is COc1ccc(S(=O)(=O)N=S=O)cc1. The number of sulfonamides is 1. The van der Waals surface area contributed by atoms with Crippen LogP contribution in [0, 0.1) is 0 Å². The van der Waals surface area contributed by atoms with Crippen LogP contribution in [0.2, 0.25) is 0 Å². The fraction of sp³-hybridized carbons (Fsp3) is 0.143. The van der Waals surface area contributed by atoms with E-state index in [-0.39, 0.29) is 16.4 Å². The van der Waals surface area contributed by atoms with E-state index < -0.39 is 10.0 Å². The molecule has 0 amide bonds. The molecule has 14 heavy (non-hydrogen) atoms. The van der Waals surface area contributed by atoms with Gasteiger partial charge in [-0.05, 0) is 24.3 Å². The molecule has 76 valence electrons. The van der Waals surface area contributed by atoms with Crippen LogP contribution in [0.5, 0.6) is 5.75 Å². The monoisotopic (exact) mass is 233 g/mol. The van der Waals surface area contributed by atoms with Gasteiger partial charge in [0.25, 0.3) is 10.0 Å². The molecule has 1 aromatic rings. The van der Waals surface area contributed by atoms with Crippen LogP contribution in [0.25, 0.3) is 0 Å². The molecule has 0 saturated carbocycles. The van der Waals surface area contributed by atoms with Crippen LogP contribution in [0.15, 0.2) is 32.9 Å². The molecule has 1 rings (SSSR count).